The summed E-state index contributed by atoms with van der Waals surface area (Å²) >= 11 is 0. The van der Waals surface area contributed by atoms with E-state index in [2.05, 4.69) is 20.7 Å². The van der Waals surface area contributed by atoms with E-state index >= 15 is 0 Å². The highest BCUT2D eigenvalue weighted by molar-refractivity contribution is 7.84. The van der Waals surface area contributed by atoms with Gasteiger partial charge in [0.05, 0.1) is 12.1 Å². The van der Waals surface area contributed by atoms with E-state index in [0.717, 1.165) is 11.1 Å². The second kappa shape index (κ2) is 12.0. The minimum Gasteiger partial charge on any atom is -0.482 e. The van der Waals surface area contributed by atoms with E-state index in [1.54, 1.807) is 36.5 Å². The maximum absolute atomic E-state index is 13.1. The van der Waals surface area contributed by atoms with Gasteiger partial charge in [0.15, 0.2) is 12.3 Å². The van der Waals surface area contributed by atoms with Crippen LogP contribution in [0.4, 0.5) is 34.9 Å². The standard InChI is InChI=1S/C29H23F4N5O3S/c1-42(40)23-11-12-24(25(15-23)41-17-29(31,32)33)35-28-36-26-13-6-20(16-38(26)37-28)19-4-9-22(10-5-19)34-27(39)14-18-2-7-21(30)8-3-18/h2-13,15-16H,14,17H2,1H3,(H,34,39)(H,35,37)/t42-/m0/s1. The minimum absolute atomic E-state index is 0.111. The van der Waals surface area contributed by atoms with Crippen LogP contribution in [0, 0.1) is 5.82 Å². The van der Waals surface area contributed by atoms with Gasteiger partial charge in [0.2, 0.25) is 11.9 Å². The number of halogens is 4. The van der Waals surface area contributed by atoms with E-state index in [1.807, 2.05) is 18.2 Å². The van der Waals surface area contributed by atoms with Crippen molar-refractivity contribution in [3.8, 4) is 16.9 Å². The molecule has 0 unspecified atom stereocenters. The molecule has 2 heterocycles. The molecule has 1 amide bonds. The van der Waals surface area contributed by atoms with Crippen molar-refractivity contribution in [3.05, 3.63) is 96.4 Å². The fourth-order valence-electron chi connectivity index (χ4n) is 4.03. The maximum atomic E-state index is 13.1. The number of anilines is 3. The summed E-state index contributed by atoms with van der Waals surface area (Å²) in [6, 6.07) is 20.7. The van der Waals surface area contributed by atoms with Gasteiger partial charge in [0.25, 0.3) is 0 Å². The number of fused-ring (bicyclic) bond motifs is 1. The molecule has 2 aromatic heterocycles. The van der Waals surface area contributed by atoms with E-state index in [0.29, 0.717) is 21.8 Å². The normalized spacial score (nSPS) is 12.2. The Morgan fingerprint density at radius 3 is 2.38 bits per heavy atom. The minimum atomic E-state index is -4.55. The van der Waals surface area contributed by atoms with E-state index < -0.39 is 23.6 Å². The molecular formula is C29H23F4N5O3S. The molecule has 5 rings (SSSR count). The zero-order valence-corrected chi connectivity index (χ0v) is 22.8. The van der Waals surface area contributed by atoms with Gasteiger partial charge in [-0.25, -0.2) is 8.91 Å². The summed E-state index contributed by atoms with van der Waals surface area (Å²) in [4.78, 5) is 17.0. The van der Waals surface area contributed by atoms with Gasteiger partial charge in [0, 0.05) is 39.4 Å². The Bertz CT molecular complexity index is 1760. The first-order chi connectivity index (χ1) is 20.0. The fourth-order valence-corrected chi connectivity index (χ4v) is 4.56. The molecule has 2 N–H and O–H groups in total. The molecule has 0 saturated heterocycles. The smallest absolute Gasteiger partial charge is 0.422 e. The fraction of sp³-hybridized carbons (Fsp3) is 0.138. The Morgan fingerprint density at radius 2 is 1.69 bits per heavy atom. The average Bonchev–Trinajstić information content (AvgIpc) is 3.35. The molecule has 0 saturated carbocycles. The van der Waals surface area contributed by atoms with E-state index in [4.69, 9.17) is 4.74 Å². The molecule has 0 radical (unpaired) electrons. The molecule has 0 fully saturated rings. The number of carbonyl (C=O) groups is 1. The summed E-state index contributed by atoms with van der Waals surface area (Å²) in [6.45, 7) is -1.51. The van der Waals surface area contributed by atoms with Crippen LogP contribution < -0.4 is 15.4 Å². The number of alkyl halides is 3. The van der Waals surface area contributed by atoms with E-state index in [1.165, 1.54) is 41.1 Å². The number of amides is 1. The summed E-state index contributed by atoms with van der Waals surface area (Å²) in [5.74, 6) is -0.614. The largest absolute Gasteiger partial charge is 0.482 e. The zero-order valence-electron chi connectivity index (χ0n) is 22.0. The van der Waals surface area contributed by atoms with Crippen molar-refractivity contribution in [1.82, 2.24) is 14.6 Å². The molecular weight excluding hydrogens is 574 g/mol. The molecule has 0 bridgehead atoms. The molecule has 8 nitrogen and oxygen atoms in total. The molecule has 3 aromatic carbocycles. The van der Waals surface area contributed by atoms with E-state index in [9.17, 15) is 26.6 Å². The van der Waals surface area contributed by atoms with Crippen LogP contribution in [0.5, 0.6) is 5.75 Å². The molecule has 13 heteroatoms. The number of rotatable bonds is 9. The third kappa shape index (κ3) is 7.29. The lowest BCUT2D eigenvalue weighted by Gasteiger charge is -2.14. The van der Waals surface area contributed by atoms with Gasteiger partial charge in [-0.1, -0.05) is 24.3 Å². The number of hydrogen-bond acceptors (Lipinski definition) is 6. The molecule has 0 aliphatic heterocycles. The van der Waals surface area contributed by atoms with Crippen LogP contribution in [-0.4, -0.2) is 43.8 Å². The summed E-state index contributed by atoms with van der Waals surface area (Å²) in [5, 5.41) is 10.1. The van der Waals surface area contributed by atoms with Crippen molar-refractivity contribution in [1.29, 1.82) is 0 Å². The molecule has 1 atom stereocenters. The van der Waals surface area contributed by atoms with Gasteiger partial charge < -0.3 is 15.4 Å². The highest BCUT2D eigenvalue weighted by Crippen LogP contribution is 2.31. The van der Waals surface area contributed by atoms with Crippen molar-refractivity contribution in [2.45, 2.75) is 17.5 Å². The number of nitrogens with one attached hydrogen (secondary N) is 2. The monoisotopic (exact) mass is 597 g/mol. The first kappa shape index (κ1) is 28.7. The number of nitrogens with zero attached hydrogens (tertiary/aromatic N) is 3. The molecule has 5 aromatic rings. The molecule has 42 heavy (non-hydrogen) atoms. The van der Waals surface area contributed by atoms with Crippen LogP contribution in [-0.2, 0) is 22.0 Å². The summed E-state index contributed by atoms with van der Waals surface area (Å²) in [6.07, 6.45) is -1.29. The van der Waals surface area contributed by atoms with Crippen molar-refractivity contribution in [2.75, 3.05) is 23.5 Å². The number of aromatic nitrogens is 3. The highest BCUT2D eigenvalue weighted by Gasteiger charge is 2.29. The SMILES string of the molecule is C[S@](=O)c1ccc(Nc2nc3ccc(-c4ccc(NC(=O)Cc5ccc(F)cc5)cc4)cn3n2)c(OCC(F)(F)F)c1. The molecule has 0 spiro atoms. The van der Waals surface area contributed by atoms with E-state index in [-0.39, 0.29) is 35.5 Å². The van der Waals surface area contributed by atoms with Crippen LogP contribution in [0.3, 0.4) is 0 Å². The quantitative estimate of drug-likeness (QED) is 0.198. The Balaban J connectivity index is 1.29. The number of benzene rings is 3. The number of pyridine rings is 1. The Kier molecular flexibility index (Phi) is 8.20. The average molecular weight is 598 g/mol. The zero-order chi connectivity index (χ0) is 29.9. The number of carbonyl (C=O) groups excluding carboxylic acids is 1. The van der Waals surface area contributed by atoms with Gasteiger partial charge in [-0.3, -0.25) is 9.00 Å². The Morgan fingerprint density at radius 1 is 0.976 bits per heavy atom. The van der Waals surface area contributed by atoms with Crippen molar-refractivity contribution < 1.29 is 31.3 Å². The van der Waals surface area contributed by atoms with Crippen LogP contribution in [0.2, 0.25) is 0 Å². The van der Waals surface area contributed by atoms with Gasteiger partial charge in [0.1, 0.15) is 11.6 Å². The maximum Gasteiger partial charge on any atom is 0.422 e. The lowest BCUT2D eigenvalue weighted by atomic mass is 10.1. The Labute approximate surface area is 239 Å². The molecule has 0 aliphatic carbocycles. The van der Waals surface area contributed by atoms with Crippen LogP contribution in [0.15, 0.2) is 90.0 Å². The van der Waals surface area contributed by atoms with Crippen molar-refractivity contribution >= 4 is 39.7 Å². The lowest BCUT2D eigenvalue weighted by molar-refractivity contribution is -0.153. The highest BCUT2D eigenvalue weighted by atomic mass is 32.2. The lowest BCUT2D eigenvalue weighted by Crippen LogP contribution is -2.19. The first-order valence-electron chi connectivity index (χ1n) is 12.5. The van der Waals surface area contributed by atoms with Crippen LogP contribution in [0.25, 0.3) is 16.8 Å². The van der Waals surface area contributed by atoms with Crippen LogP contribution >= 0.6 is 0 Å². The van der Waals surface area contributed by atoms with Crippen molar-refractivity contribution in [2.24, 2.45) is 0 Å². The summed E-state index contributed by atoms with van der Waals surface area (Å²) < 4.78 is 69.7. The second-order valence-corrected chi connectivity index (χ2v) is 10.6. The third-order valence-electron chi connectivity index (χ3n) is 6.03. The summed E-state index contributed by atoms with van der Waals surface area (Å²) in [7, 11) is -1.42. The van der Waals surface area contributed by atoms with Gasteiger partial charge in [-0.2, -0.15) is 18.2 Å². The molecule has 216 valence electrons. The molecule has 0 aliphatic rings. The van der Waals surface area contributed by atoms with Crippen LogP contribution in [0.1, 0.15) is 5.56 Å². The predicted molar refractivity (Wildman–Crippen MR) is 151 cm³/mol. The van der Waals surface area contributed by atoms with Gasteiger partial charge in [-0.15, -0.1) is 5.10 Å². The van der Waals surface area contributed by atoms with Crippen molar-refractivity contribution in [3.63, 3.8) is 0 Å². The van der Waals surface area contributed by atoms with Gasteiger partial charge in [-0.05, 0) is 65.7 Å². The first-order valence-corrected chi connectivity index (χ1v) is 14.0. The number of ether oxygens (including phenoxy) is 1. The topological polar surface area (TPSA) is 97.6 Å². The Hall–Kier alpha value is -4.78. The van der Waals surface area contributed by atoms with Gasteiger partial charge >= 0.3 is 6.18 Å². The summed E-state index contributed by atoms with van der Waals surface area (Å²) in [5.41, 5.74) is 3.59. The third-order valence-corrected chi connectivity index (χ3v) is 6.95. The number of hydrogen-bond donors (Lipinski definition) is 2. The predicted octanol–water partition coefficient (Wildman–Crippen LogP) is 6.14. The second-order valence-electron chi connectivity index (χ2n) is 9.23.